The van der Waals surface area contributed by atoms with Crippen molar-refractivity contribution in [2.24, 2.45) is 0 Å². The summed E-state index contributed by atoms with van der Waals surface area (Å²) < 4.78 is 42.0. The fraction of sp³-hybridized carbons (Fsp3) is 0.346. The van der Waals surface area contributed by atoms with E-state index in [0.29, 0.717) is 16.9 Å². The van der Waals surface area contributed by atoms with Crippen LogP contribution in [0.15, 0.2) is 52.7 Å². The van der Waals surface area contributed by atoms with Crippen LogP contribution in [0.1, 0.15) is 46.5 Å². The van der Waals surface area contributed by atoms with Gasteiger partial charge >= 0.3 is 5.97 Å². The number of nitrogens with zero attached hydrogens (tertiary/aromatic N) is 1. The summed E-state index contributed by atoms with van der Waals surface area (Å²) in [6.45, 7) is 7.51. The minimum absolute atomic E-state index is 0.0782. The quantitative estimate of drug-likeness (QED) is 0.199. The summed E-state index contributed by atoms with van der Waals surface area (Å²) in [5.74, 6) is 0.206. The molecule has 1 heterocycles. The SMILES string of the molecule is CCOC(=O)CC(c1cccs1)N(Cc1ccc(I)cc1)S(=O)(=O)c1c(C)cc(OC)c(C)c1C. The lowest BCUT2D eigenvalue weighted by Crippen LogP contribution is -2.36. The molecule has 0 spiro atoms. The molecule has 0 amide bonds. The molecular formula is C26H30INO5S2. The molecule has 35 heavy (non-hydrogen) atoms. The fourth-order valence-electron chi connectivity index (χ4n) is 4.08. The van der Waals surface area contributed by atoms with Crippen molar-refractivity contribution in [3.8, 4) is 5.75 Å². The van der Waals surface area contributed by atoms with Gasteiger partial charge in [-0.3, -0.25) is 4.79 Å². The second-order valence-corrected chi connectivity index (χ2v) is 12.2. The predicted octanol–water partition coefficient (Wildman–Crippen LogP) is 6.17. The van der Waals surface area contributed by atoms with E-state index in [2.05, 4.69) is 22.6 Å². The zero-order valence-electron chi connectivity index (χ0n) is 20.5. The van der Waals surface area contributed by atoms with Gasteiger partial charge in [-0.1, -0.05) is 18.2 Å². The minimum atomic E-state index is -4.03. The maximum atomic E-state index is 14.4. The largest absolute Gasteiger partial charge is 0.496 e. The van der Waals surface area contributed by atoms with Crippen molar-refractivity contribution < 1.29 is 22.7 Å². The molecule has 9 heteroatoms. The number of aryl methyl sites for hydroxylation is 1. The van der Waals surface area contributed by atoms with Crippen LogP contribution < -0.4 is 4.74 Å². The van der Waals surface area contributed by atoms with Crippen LogP contribution in [0.4, 0.5) is 0 Å². The monoisotopic (exact) mass is 627 g/mol. The standard InChI is InChI=1S/C26H30INO5S2/c1-6-33-25(29)15-22(24-8-7-13-34-24)28(16-20-9-11-21(27)12-10-20)35(30,31)26-17(2)14-23(32-5)18(3)19(26)4/h7-14,22H,6,15-16H2,1-5H3. The highest BCUT2D eigenvalue weighted by atomic mass is 127. The topological polar surface area (TPSA) is 72.9 Å². The molecule has 3 aromatic rings. The summed E-state index contributed by atoms with van der Waals surface area (Å²) in [6, 6.07) is 12.5. The third-order valence-corrected chi connectivity index (χ3v) is 9.74. The normalized spacial score (nSPS) is 12.5. The average Bonchev–Trinajstić information content (AvgIpc) is 3.34. The minimum Gasteiger partial charge on any atom is -0.496 e. The molecular weight excluding hydrogens is 597 g/mol. The number of hydrogen-bond donors (Lipinski definition) is 0. The van der Waals surface area contributed by atoms with Gasteiger partial charge in [0.05, 0.1) is 31.1 Å². The van der Waals surface area contributed by atoms with Crippen molar-refractivity contribution in [3.63, 3.8) is 0 Å². The van der Waals surface area contributed by atoms with Crippen LogP contribution >= 0.6 is 33.9 Å². The van der Waals surface area contributed by atoms with Crippen LogP contribution in [0.25, 0.3) is 0 Å². The average molecular weight is 628 g/mol. The fourth-order valence-corrected chi connectivity index (χ4v) is 7.43. The summed E-state index contributed by atoms with van der Waals surface area (Å²) in [6.07, 6.45) is -0.0782. The second kappa shape index (κ2) is 11.9. The van der Waals surface area contributed by atoms with E-state index in [4.69, 9.17) is 9.47 Å². The number of esters is 1. The molecule has 0 saturated carbocycles. The van der Waals surface area contributed by atoms with Crippen LogP contribution in [0.2, 0.25) is 0 Å². The number of halogens is 1. The van der Waals surface area contributed by atoms with Crippen LogP contribution in [-0.4, -0.2) is 32.4 Å². The molecule has 188 valence electrons. The number of thiophene rings is 1. The van der Waals surface area contributed by atoms with E-state index in [1.54, 1.807) is 33.9 Å². The maximum absolute atomic E-state index is 14.4. The summed E-state index contributed by atoms with van der Waals surface area (Å²) in [5, 5.41) is 1.89. The maximum Gasteiger partial charge on any atom is 0.307 e. The zero-order chi connectivity index (χ0) is 25.8. The number of methoxy groups -OCH3 is 1. The molecule has 0 fully saturated rings. The van der Waals surface area contributed by atoms with Gasteiger partial charge in [-0.25, -0.2) is 8.42 Å². The third-order valence-electron chi connectivity index (χ3n) is 5.90. The molecule has 0 radical (unpaired) electrons. The Bertz CT molecular complexity index is 1270. The first-order chi connectivity index (χ1) is 16.6. The van der Waals surface area contributed by atoms with Crippen molar-refractivity contribution in [2.45, 2.75) is 51.6 Å². The Labute approximate surface area is 225 Å². The van der Waals surface area contributed by atoms with Gasteiger partial charge in [0.2, 0.25) is 10.0 Å². The van der Waals surface area contributed by atoms with E-state index in [0.717, 1.165) is 19.6 Å². The van der Waals surface area contributed by atoms with Crippen molar-refractivity contribution >= 4 is 49.9 Å². The van der Waals surface area contributed by atoms with E-state index in [9.17, 15) is 13.2 Å². The third kappa shape index (κ3) is 6.25. The number of benzene rings is 2. The summed E-state index contributed by atoms with van der Waals surface area (Å²) in [4.78, 5) is 13.7. The first-order valence-corrected chi connectivity index (χ1v) is 14.6. The highest BCUT2D eigenvalue weighted by Crippen LogP contribution is 2.39. The number of carbonyl (C=O) groups is 1. The lowest BCUT2D eigenvalue weighted by atomic mass is 10.1. The van der Waals surface area contributed by atoms with Gasteiger partial charge < -0.3 is 9.47 Å². The molecule has 0 bridgehead atoms. The van der Waals surface area contributed by atoms with Crippen LogP contribution in [0.5, 0.6) is 5.75 Å². The summed E-state index contributed by atoms with van der Waals surface area (Å²) in [7, 11) is -2.46. The molecule has 1 unspecified atom stereocenters. The van der Waals surface area contributed by atoms with Gasteiger partial charge in [0, 0.05) is 15.0 Å². The second-order valence-electron chi connectivity index (χ2n) is 8.19. The van der Waals surface area contributed by atoms with E-state index in [1.165, 1.54) is 15.6 Å². The Morgan fingerprint density at radius 1 is 1.11 bits per heavy atom. The van der Waals surface area contributed by atoms with Gasteiger partial charge in [0.25, 0.3) is 0 Å². The van der Waals surface area contributed by atoms with E-state index < -0.39 is 22.0 Å². The summed E-state index contributed by atoms with van der Waals surface area (Å²) >= 11 is 3.64. The molecule has 1 atom stereocenters. The lowest BCUT2D eigenvalue weighted by Gasteiger charge is -2.31. The smallest absolute Gasteiger partial charge is 0.307 e. The molecule has 0 aliphatic rings. The number of rotatable bonds is 10. The number of carbonyl (C=O) groups excluding carboxylic acids is 1. The van der Waals surface area contributed by atoms with Gasteiger partial charge in [-0.05, 0) is 102 Å². The molecule has 1 aromatic heterocycles. The van der Waals surface area contributed by atoms with Crippen molar-refractivity contribution in [2.75, 3.05) is 13.7 Å². The summed E-state index contributed by atoms with van der Waals surface area (Å²) in [5.41, 5.74) is 2.83. The first-order valence-electron chi connectivity index (χ1n) is 11.2. The molecule has 3 rings (SSSR count). The Kier molecular flexibility index (Phi) is 9.36. The van der Waals surface area contributed by atoms with E-state index >= 15 is 0 Å². The molecule has 0 N–H and O–H groups in total. The van der Waals surface area contributed by atoms with Crippen molar-refractivity contribution in [1.82, 2.24) is 4.31 Å². The van der Waals surface area contributed by atoms with Gasteiger partial charge in [0.15, 0.2) is 0 Å². The highest BCUT2D eigenvalue weighted by molar-refractivity contribution is 14.1. The van der Waals surface area contributed by atoms with Crippen LogP contribution in [0.3, 0.4) is 0 Å². The highest BCUT2D eigenvalue weighted by Gasteiger charge is 2.37. The molecule has 0 saturated heterocycles. The number of sulfonamides is 1. The molecule has 0 aliphatic carbocycles. The lowest BCUT2D eigenvalue weighted by molar-refractivity contribution is -0.144. The van der Waals surface area contributed by atoms with Crippen LogP contribution in [-0.2, 0) is 26.1 Å². The first kappa shape index (κ1) is 27.6. The number of hydrogen-bond acceptors (Lipinski definition) is 6. The number of ether oxygens (including phenoxy) is 2. The molecule has 2 aromatic carbocycles. The zero-order valence-corrected chi connectivity index (χ0v) is 24.3. The van der Waals surface area contributed by atoms with Gasteiger partial charge in [-0.2, -0.15) is 4.31 Å². The Balaban J connectivity index is 2.21. The predicted molar refractivity (Wildman–Crippen MR) is 147 cm³/mol. The molecule has 0 aliphatic heterocycles. The molecule has 6 nitrogen and oxygen atoms in total. The van der Waals surface area contributed by atoms with E-state index in [1.807, 2.05) is 48.7 Å². The Morgan fingerprint density at radius 2 is 1.80 bits per heavy atom. The Hall–Kier alpha value is -1.95. The van der Waals surface area contributed by atoms with Gasteiger partial charge in [0.1, 0.15) is 5.75 Å². The van der Waals surface area contributed by atoms with Crippen LogP contribution in [0, 0.1) is 24.3 Å². The van der Waals surface area contributed by atoms with Crippen molar-refractivity contribution in [3.05, 3.63) is 78.5 Å². The van der Waals surface area contributed by atoms with Gasteiger partial charge in [-0.15, -0.1) is 11.3 Å². The Morgan fingerprint density at radius 3 is 2.37 bits per heavy atom. The van der Waals surface area contributed by atoms with Crippen molar-refractivity contribution in [1.29, 1.82) is 0 Å². The van der Waals surface area contributed by atoms with E-state index in [-0.39, 0.29) is 24.5 Å².